The van der Waals surface area contributed by atoms with Gasteiger partial charge in [-0.05, 0) is 19.4 Å². The molecule has 1 N–H and O–H groups in total. The van der Waals surface area contributed by atoms with Crippen LogP contribution in [-0.4, -0.2) is 74.0 Å². The largest absolute Gasteiger partial charge is 0.465 e. The van der Waals surface area contributed by atoms with Gasteiger partial charge in [0.25, 0.3) is 10.1 Å². The molecule has 0 aromatic rings. The fraction of sp³-hybridized carbons (Fsp3) is 0.900. The highest BCUT2D eigenvalue weighted by Gasteiger charge is 2.38. The van der Waals surface area contributed by atoms with Crippen molar-refractivity contribution in [1.29, 1.82) is 0 Å². The molecule has 0 bridgehead atoms. The lowest BCUT2D eigenvalue weighted by Crippen LogP contribution is -2.59. The van der Waals surface area contributed by atoms with E-state index < -0.39 is 22.3 Å². The molecular weight excluding hydrogens is 260 g/mol. The zero-order valence-electron chi connectivity index (χ0n) is 10.3. The molecule has 0 radical (unpaired) electrons. The highest BCUT2D eigenvalue weighted by molar-refractivity contribution is 7.85. The van der Waals surface area contributed by atoms with Gasteiger partial charge < -0.3 is 10.0 Å². The summed E-state index contributed by atoms with van der Waals surface area (Å²) < 4.78 is 26.7. The standard InChI is InChI=1S/C10H18N2O5S/c1-18(15,16)17-7-9-5-11-4-2-3-8(11)6-12(9)10(13)14/h8-9H,2-7H2,1H3,(H,13,14)/t8-,9+/m0/s1. The molecule has 1 amide bonds. The van der Waals surface area contributed by atoms with E-state index >= 15 is 0 Å². The van der Waals surface area contributed by atoms with E-state index in [1.54, 1.807) is 0 Å². The molecule has 2 aliphatic heterocycles. The van der Waals surface area contributed by atoms with Crippen LogP contribution < -0.4 is 0 Å². The van der Waals surface area contributed by atoms with Gasteiger partial charge in [0, 0.05) is 19.1 Å². The van der Waals surface area contributed by atoms with Crippen LogP contribution in [-0.2, 0) is 14.3 Å². The Kier molecular flexibility index (Phi) is 3.79. The number of nitrogens with zero attached hydrogens (tertiary/aromatic N) is 2. The summed E-state index contributed by atoms with van der Waals surface area (Å²) in [6, 6.07) is -0.137. The fourth-order valence-electron chi connectivity index (χ4n) is 2.67. The molecule has 8 heteroatoms. The summed E-state index contributed by atoms with van der Waals surface area (Å²) in [5.41, 5.74) is 0. The number of fused-ring (bicyclic) bond motifs is 1. The van der Waals surface area contributed by atoms with E-state index in [-0.39, 0.29) is 12.6 Å². The monoisotopic (exact) mass is 278 g/mol. The van der Waals surface area contributed by atoms with Crippen LogP contribution in [0.5, 0.6) is 0 Å². The molecule has 7 nitrogen and oxygen atoms in total. The molecular formula is C10H18N2O5S. The molecule has 2 atom stereocenters. The fourth-order valence-corrected chi connectivity index (χ4v) is 3.07. The molecule has 2 fully saturated rings. The van der Waals surface area contributed by atoms with Crippen molar-refractivity contribution in [3.8, 4) is 0 Å². The minimum atomic E-state index is -3.53. The summed E-state index contributed by atoms with van der Waals surface area (Å²) in [7, 11) is -3.53. The van der Waals surface area contributed by atoms with E-state index in [0.717, 1.165) is 25.6 Å². The van der Waals surface area contributed by atoms with Crippen LogP contribution in [0.2, 0.25) is 0 Å². The number of carboxylic acid groups (broad SMARTS) is 1. The number of hydrogen-bond acceptors (Lipinski definition) is 5. The normalized spacial score (nSPS) is 29.3. The smallest absolute Gasteiger partial charge is 0.407 e. The average molecular weight is 278 g/mol. The summed E-state index contributed by atoms with van der Waals surface area (Å²) in [4.78, 5) is 14.7. The quantitative estimate of drug-likeness (QED) is 0.719. The zero-order valence-corrected chi connectivity index (χ0v) is 11.1. The molecule has 0 spiro atoms. The first-order valence-corrected chi connectivity index (χ1v) is 7.76. The van der Waals surface area contributed by atoms with Gasteiger partial charge in [-0.25, -0.2) is 4.79 Å². The van der Waals surface area contributed by atoms with Gasteiger partial charge in [-0.15, -0.1) is 0 Å². The van der Waals surface area contributed by atoms with Crippen molar-refractivity contribution in [2.45, 2.75) is 24.9 Å². The highest BCUT2D eigenvalue weighted by Crippen LogP contribution is 2.25. The van der Waals surface area contributed by atoms with Crippen molar-refractivity contribution in [2.24, 2.45) is 0 Å². The Balaban J connectivity index is 2.03. The molecule has 0 unspecified atom stereocenters. The second-order valence-electron chi connectivity index (χ2n) is 4.87. The predicted molar refractivity (Wildman–Crippen MR) is 63.9 cm³/mol. The van der Waals surface area contributed by atoms with Crippen LogP contribution in [0.15, 0.2) is 0 Å². The Morgan fingerprint density at radius 3 is 2.78 bits per heavy atom. The molecule has 2 saturated heterocycles. The lowest BCUT2D eigenvalue weighted by Gasteiger charge is -2.41. The predicted octanol–water partition coefficient (Wildman–Crippen LogP) is -0.211. The molecule has 2 aliphatic rings. The van der Waals surface area contributed by atoms with Gasteiger partial charge in [0.15, 0.2) is 0 Å². The Morgan fingerprint density at radius 1 is 1.44 bits per heavy atom. The summed E-state index contributed by atoms with van der Waals surface area (Å²) in [6.07, 6.45) is 2.03. The number of carbonyl (C=O) groups is 1. The van der Waals surface area contributed by atoms with E-state index in [4.69, 9.17) is 9.29 Å². The van der Waals surface area contributed by atoms with Crippen molar-refractivity contribution >= 4 is 16.2 Å². The molecule has 18 heavy (non-hydrogen) atoms. The molecule has 0 aromatic heterocycles. The zero-order chi connectivity index (χ0) is 13.3. The second kappa shape index (κ2) is 5.02. The topological polar surface area (TPSA) is 87.2 Å². The van der Waals surface area contributed by atoms with Crippen molar-refractivity contribution < 1.29 is 22.5 Å². The summed E-state index contributed by atoms with van der Waals surface area (Å²) in [6.45, 7) is 1.83. The van der Waals surface area contributed by atoms with Crippen LogP contribution in [0, 0.1) is 0 Å². The minimum absolute atomic E-state index is 0.103. The van der Waals surface area contributed by atoms with Crippen LogP contribution in [0.25, 0.3) is 0 Å². The third kappa shape index (κ3) is 3.12. The van der Waals surface area contributed by atoms with Gasteiger partial charge >= 0.3 is 6.09 Å². The molecule has 2 rings (SSSR count). The van der Waals surface area contributed by atoms with Crippen molar-refractivity contribution in [3.63, 3.8) is 0 Å². The Labute approximate surface area is 106 Å². The number of hydrogen-bond donors (Lipinski definition) is 1. The SMILES string of the molecule is CS(=O)(=O)OC[C@H]1CN2CCC[C@H]2CN1C(=O)O. The van der Waals surface area contributed by atoms with E-state index in [0.29, 0.717) is 13.1 Å². The maximum Gasteiger partial charge on any atom is 0.407 e. The van der Waals surface area contributed by atoms with E-state index in [1.807, 2.05) is 0 Å². The highest BCUT2D eigenvalue weighted by atomic mass is 32.2. The lowest BCUT2D eigenvalue weighted by molar-refractivity contribution is 0.0323. The Morgan fingerprint density at radius 2 is 2.17 bits per heavy atom. The van der Waals surface area contributed by atoms with Crippen LogP contribution in [0.4, 0.5) is 4.79 Å². The molecule has 2 heterocycles. The molecule has 0 aliphatic carbocycles. The van der Waals surface area contributed by atoms with E-state index in [9.17, 15) is 13.2 Å². The Bertz CT molecular complexity index is 424. The van der Waals surface area contributed by atoms with Crippen LogP contribution in [0.3, 0.4) is 0 Å². The van der Waals surface area contributed by atoms with E-state index in [1.165, 1.54) is 4.90 Å². The number of amides is 1. The average Bonchev–Trinajstić information content (AvgIpc) is 2.70. The summed E-state index contributed by atoms with van der Waals surface area (Å²) in [5, 5.41) is 9.16. The van der Waals surface area contributed by atoms with Gasteiger partial charge in [0.2, 0.25) is 0 Å². The van der Waals surface area contributed by atoms with Crippen molar-refractivity contribution in [3.05, 3.63) is 0 Å². The van der Waals surface area contributed by atoms with Gasteiger partial charge in [-0.1, -0.05) is 0 Å². The van der Waals surface area contributed by atoms with E-state index in [2.05, 4.69) is 4.90 Å². The van der Waals surface area contributed by atoms with Crippen LogP contribution >= 0.6 is 0 Å². The third-order valence-electron chi connectivity index (χ3n) is 3.51. The first-order valence-electron chi connectivity index (χ1n) is 5.95. The van der Waals surface area contributed by atoms with Crippen LogP contribution in [0.1, 0.15) is 12.8 Å². The molecule has 104 valence electrons. The lowest BCUT2D eigenvalue weighted by atomic mass is 10.1. The first-order chi connectivity index (χ1) is 8.37. The van der Waals surface area contributed by atoms with Gasteiger partial charge in [-0.3, -0.25) is 9.08 Å². The first kappa shape index (κ1) is 13.6. The summed E-state index contributed by atoms with van der Waals surface area (Å²) in [5.74, 6) is 0. The van der Waals surface area contributed by atoms with Gasteiger partial charge in [0.1, 0.15) is 0 Å². The van der Waals surface area contributed by atoms with Crippen molar-refractivity contribution in [2.75, 3.05) is 32.5 Å². The van der Waals surface area contributed by atoms with Gasteiger partial charge in [-0.2, -0.15) is 8.42 Å². The summed E-state index contributed by atoms with van der Waals surface area (Å²) >= 11 is 0. The Hall–Kier alpha value is -0.860. The maximum atomic E-state index is 11.2. The minimum Gasteiger partial charge on any atom is -0.465 e. The number of piperazine rings is 1. The number of rotatable bonds is 3. The molecule has 0 aromatic carbocycles. The maximum absolute atomic E-state index is 11.2. The van der Waals surface area contributed by atoms with Crippen molar-refractivity contribution in [1.82, 2.24) is 9.80 Å². The second-order valence-corrected chi connectivity index (χ2v) is 6.51. The van der Waals surface area contributed by atoms with Gasteiger partial charge in [0.05, 0.1) is 18.9 Å². The molecule has 0 saturated carbocycles. The third-order valence-corrected chi connectivity index (χ3v) is 4.08.